The second-order valence-electron chi connectivity index (χ2n) is 5.81. The summed E-state index contributed by atoms with van der Waals surface area (Å²) in [7, 11) is 1.83. The van der Waals surface area contributed by atoms with Crippen LogP contribution in [0.25, 0.3) is 0 Å². The number of hydrogen-bond donors (Lipinski definition) is 3. The van der Waals surface area contributed by atoms with E-state index in [0.717, 1.165) is 5.56 Å². The van der Waals surface area contributed by atoms with Crippen molar-refractivity contribution in [2.24, 2.45) is 7.05 Å². The lowest BCUT2D eigenvalue weighted by molar-refractivity contribution is 0.0955. The van der Waals surface area contributed by atoms with E-state index < -0.39 is 0 Å². The minimum absolute atomic E-state index is 0.131. The van der Waals surface area contributed by atoms with Crippen LogP contribution in [0.5, 0.6) is 0 Å². The Hall–Kier alpha value is -2.09. The van der Waals surface area contributed by atoms with Crippen molar-refractivity contribution >= 4 is 28.2 Å². The fourth-order valence-electron chi connectivity index (χ4n) is 1.69. The lowest BCUT2D eigenvalue weighted by Gasteiger charge is -2.19. The molecule has 0 fully saturated rings. The molecule has 7 nitrogen and oxygen atoms in total. The van der Waals surface area contributed by atoms with Crippen LogP contribution in [-0.2, 0) is 13.6 Å². The molecule has 21 heavy (non-hydrogen) atoms. The highest BCUT2D eigenvalue weighted by Gasteiger charge is 2.19. The van der Waals surface area contributed by atoms with E-state index in [0.29, 0.717) is 16.6 Å². The van der Waals surface area contributed by atoms with Gasteiger partial charge in [-0.2, -0.15) is 5.10 Å². The van der Waals surface area contributed by atoms with Crippen LogP contribution in [0.1, 0.15) is 36.0 Å². The predicted octanol–water partition coefficient (Wildman–Crippen LogP) is 1.60. The number of nitrogen functional groups attached to an aromatic ring is 1. The van der Waals surface area contributed by atoms with Gasteiger partial charge >= 0.3 is 0 Å². The summed E-state index contributed by atoms with van der Waals surface area (Å²) in [5.74, 6) is 0.0197. The van der Waals surface area contributed by atoms with Gasteiger partial charge < -0.3 is 16.4 Å². The zero-order chi connectivity index (χ0) is 15.6. The molecular weight excluding hydrogens is 288 g/mol. The number of carbonyl (C=O) groups is 1. The number of nitrogens with one attached hydrogen (secondary N) is 2. The summed E-state index contributed by atoms with van der Waals surface area (Å²) in [5.41, 5.74) is 6.62. The first-order valence-corrected chi connectivity index (χ1v) is 7.36. The van der Waals surface area contributed by atoms with Gasteiger partial charge in [-0.05, 0) is 20.8 Å². The molecule has 2 heterocycles. The quantitative estimate of drug-likeness (QED) is 0.797. The van der Waals surface area contributed by atoms with Crippen LogP contribution < -0.4 is 16.4 Å². The minimum Gasteiger partial charge on any atom is -0.382 e. The summed E-state index contributed by atoms with van der Waals surface area (Å²) < 4.78 is 1.69. The van der Waals surface area contributed by atoms with Gasteiger partial charge in [0, 0.05) is 30.9 Å². The number of anilines is 2. The first-order chi connectivity index (χ1) is 9.74. The van der Waals surface area contributed by atoms with Crippen molar-refractivity contribution in [1.82, 2.24) is 20.1 Å². The second kappa shape index (κ2) is 5.72. The Balaban J connectivity index is 2.02. The zero-order valence-corrected chi connectivity index (χ0v) is 13.4. The largest absolute Gasteiger partial charge is 0.382 e. The van der Waals surface area contributed by atoms with E-state index in [9.17, 15) is 4.79 Å². The van der Waals surface area contributed by atoms with Gasteiger partial charge in [0.15, 0.2) is 5.13 Å². The minimum atomic E-state index is -0.226. The molecule has 4 N–H and O–H groups in total. The topological polar surface area (TPSA) is 97.9 Å². The van der Waals surface area contributed by atoms with Gasteiger partial charge in [0.05, 0.1) is 6.20 Å². The Labute approximate surface area is 127 Å². The molecule has 2 aromatic heterocycles. The monoisotopic (exact) mass is 308 g/mol. The molecule has 0 aliphatic rings. The predicted molar refractivity (Wildman–Crippen MR) is 84.3 cm³/mol. The fraction of sp³-hybridized carbons (Fsp3) is 0.462. The maximum Gasteiger partial charge on any atom is 0.265 e. The van der Waals surface area contributed by atoms with Crippen molar-refractivity contribution in [2.75, 3.05) is 11.1 Å². The fourth-order valence-corrected chi connectivity index (χ4v) is 2.70. The van der Waals surface area contributed by atoms with Gasteiger partial charge in [-0.1, -0.05) is 11.3 Å². The Morgan fingerprint density at radius 1 is 1.48 bits per heavy atom. The van der Waals surface area contributed by atoms with Crippen molar-refractivity contribution < 1.29 is 4.79 Å². The van der Waals surface area contributed by atoms with Gasteiger partial charge in [0.2, 0.25) is 0 Å². The van der Waals surface area contributed by atoms with Crippen LogP contribution >= 0.6 is 11.3 Å². The Morgan fingerprint density at radius 2 is 2.19 bits per heavy atom. The molecule has 1 amide bonds. The molecule has 0 radical (unpaired) electrons. The van der Waals surface area contributed by atoms with E-state index in [2.05, 4.69) is 20.7 Å². The molecule has 0 aliphatic heterocycles. The van der Waals surface area contributed by atoms with E-state index in [-0.39, 0.29) is 17.3 Å². The molecule has 2 aromatic rings. The molecule has 0 spiro atoms. The van der Waals surface area contributed by atoms with Crippen LogP contribution in [-0.4, -0.2) is 26.2 Å². The van der Waals surface area contributed by atoms with E-state index in [4.69, 9.17) is 5.73 Å². The molecule has 0 bridgehead atoms. The van der Waals surface area contributed by atoms with Gasteiger partial charge in [-0.3, -0.25) is 9.48 Å². The van der Waals surface area contributed by atoms with Gasteiger partial charge in [-0.25, -0.2) is 4.98 Å². The zero-order valence-electron chi connectivity index (χ0n) is 12.6. The first kappa shape index (κ1) is 15.3. The highest BCUT2D eigenvalue weighted by molar-refractivity contribution is 7.18. The molecule has 0 aromatic carbocycles. The molecule has 8 heteroatoms. The third-order valence-electron chi connectivity index (χ3n) is 2.55. The van der Waals surface area contributed by atoms with Crippen LogP contribution in [0.3, 0.4) is 0 Å². The number of aryl methyl sites for hydroxylation is 1. The standard InChI is InChI=1S/C13H20N6OS/c1-13(2,3)18-12-17-10(14)9(21-12)11(20)15-5-8-6-16-19(4)7-8/h6-7H,5,14H2,1-4H3,(H,15,20)(H,17,18). The molecule has 0 aliphatic carbocycles. The summed E-state index contributed by atoms with van der Waals surface area (Å²) >= 11 is 1.25. The number of aromatic nitrogens is 3. The molecule has 0 atom stereocenters. The maximum absolute atomic E-state index is 12.1. The number of rotatable bonds is 4. The molecule has 0 unspecified atom stereocenters. The first-order valence-electron chi connectivity index (χ1n) is 6.55. The highest BCUT2D eigenvalue weighted by atomic mass is 32.1. The average molecular weight is 308 g/mol. The third-order valence-corrected chi connectivity index (χ3v) is 3.54. The molecule has 0 saturated carbocycles. The number of hydrogen-bond acceptors (Lipinski definition) is 6. The summed E-state index contributed by atoms with van der Waals surface area (Å²) in [5, 5.41) is 10.7. The Morgan fingerprint density at radius 3 is 2.76 bits per heavy atom. The summed E-state index contributed by atoms with van der Waals surface area (Å²) in [6.45, 7) is 6.47. The molecular formula is C13H20N6OS. The summed E-state index contributed by atoms with van der Waals surface area (Å²) in [6, 6.07) is 0. The van der Waals surface area contributed by atoms with Crippen molar-refractivity contribution in [2.45, 2.75) is 32.9 Å². The lowest BCUT2D eigenvalue weighted by Crippen LogP contribution is -2.25. The van der Waals surface area contributed by atoms with Gasteiger partial charge in [0.1, 0.15) is 10.7 Å². The van der Waals surface area contributed by atoms with Crippen molar-refractivity contribution in [3.8, 4) is 0 Å². The molecule has 2 rings (SSSR count). The van der Waals surface area contributed by atoms with Crippen molar-refractivity contribution in [3.05, 3.63) is 22.8 Å². The SMILES string of the molecule is Cn1cc(CNC(=O)c2sc(NC(C)(C)C)nc2N)cn1. The molecule has 0 saturated heterocycles. The Kier molecular flexibility index (Phi) is 4.17. The smallest absolute Gasteiger partial charge is 0.265 e. The van der Waals surface area contributed by atoms with E-state index in [1.165, 1.54) is 11.3 Å². The van der Waals surface area contributed by atoms with Crippen LogP contribution in [0.2, 0.25) is 0 Å². The van der Waals surface area contributed by atoms with Crippen LogP contribution in [0.4, 0.5) is 10.9 Å². The van der Waals surface area contributed by atoms with Crippen molar-refractivity contribution in [1.29, 1.82) is 0 Å². The number of carbonyl (C=O) groups excluding carboxylic acids is 1. The number of thiazole rings is 1. The number of nitrogens with zero attached hydrogens (tertiary/aromatic N) is 3. The van der Waals surface area contributed by atoms with E-state index in [1.807, 2.05) is 34.0 Å². The molecule has 114 valence electrons. The Bertz CT molecular complexity index is 639. The lowest BCUT2D eigenvalue weighted by atomic mass is 10.1. The summed E-state index contributed by atoms with van der Waals surface area (Å²) in [4.78, 5) is 16.8. The number of nitrogens with two attached hydrogens (primary N) is 1. The number of amides is 1. The average Bonchev–Trinajstić information content (AvgIpc) is 2.90. The van der Waals surface area contributed by atoms with Gasteiger partial charge in [0.25, 0.3) is 5.91 Å². The normalized spacial score (nSPS) is 11.4. The summed E-state index contributed by atoms with van der Waals surface area (Å²) in [6.07, 6.45) is 3.56. The van der Waals surface area contributed by atoms with Crippen LogP contribution in [0, 0.1) is 0 Å². The second-order valence-corrected chi connectivity index (χ2v) is 6.81. The maximum atomic E-state index is 12.1. The van der Waals surface area contributed by atoms with E-state index in [1.54, 1.807) is 10.9 Å². The third kappa shape index (κ3) is 4.19. The highest BCUT2D eigenvalue weighted by Crippen LogP contribution is 2.27. The van der Waals surface area contributed by atoms with Crippen LogP contribution in [0.15, 0.2) is 12.4 Å². The van der Waals surface area contributed by atoms with E-state index >= 15 is 0 Å². The van der Waals surface area contributed by atoms with Gasteiger partial charge in [-0.15, -0.1) is 0 Å². The van der Waals surface area contributed by atoms with Crippen molar-refractivity contribution in [3.63, 3.8) is 0 Å².